The van der Waals surface area contributed by atoms with E-state index >= 15 is 0 Å². The Morgan fingerprint density at radius 1 is 1.58 bits per heavy atom. The van der Waals surface area contributed by atoms with Crippen LogP contribution in [0, 0.1) is 11.3 Å². The number of ether oxygens (including phenoxy) is 1. The van der Waals surface area contributed by atoms with Gasteiger partial charge in [-0.2, -0.15) is 5.26 Å². The molecule has 2 aliphatic rings. The van der Waals surface area contributed by atoms with Gasteiger partial charge in [-0.25, -0.2) is 4.98 Å². The van der Waals surface area contributed by atoms with Gasteiger partial charge < -0.3 is 15.0 Å². The normalized spacial score (nSPS) is 23.3. The Kier molecular flexibility index (Phi) is 5.28. The van der Waals surface area contributed by atoms with Crippen molar-refractivity contribution in [2.75, 3.05) is 44.7 Å². The third-order valence-corrected chi connectivity index (χ3v) is 4.64. The van der Waals surface area contributed by atoms with Crippen LogP contribution in [0.4, 0.5) is 5.82 Å². The van der Waals surface area contributed by atoms with E-state index in [1.54, 1.807) is 24.1 Å². The Labute approximate surface area is 142 Å². The molecular formula is C17H23N5O2. The first kappa shape index (κ1) is 16.7. The number of pyridine rings is 1. The van der Waals surface area contributed by atoms with Gasteiger partial charge in [0.1, 0.15) is 11.9 Å². The Hall–Kier alpha value is -2.17. The minimum Gasteiger partial charge on any atom is -0.373 e. The van der Waals surface area contributed by atoms with Crippen LogP contribution in [0.2, 0.25) is 0 Å². The highest BCUT2D eigenvalue weighted by Gasteiger charge is 2.32. The van der Waals surface area contributed by atoms with Crippen LogP contribution in [0.1, 0.15) is 18.4 Å². The maximum absolute atomic E-state index is 12.1. The van der Waals surface area contributed by atoms with Crippen molar-refractivity contribution in [1.82, 2.24) is 15.2 Å². The number of fused-ring (bicyclic) bond motifs is 1. The minimum absolute atomic E-state index is 0.0594. The third-order valence-electron chi connectivity index (χ3n) is 4.64. The predicted octanol–water partition coefficient (Wildman–Crippen LogP) is 0.369. The lowest BCUT2D eigenvalue weighted by molar-refractivity contribution is -0.121. The molecule has 0 aliphatic carbocycles. The molecule has 7 nitrogen and oxygen atoms in total. The summed E-state index contributed by atoms with van der Waals surface area (Å²) in [5.74, 6) is 0.605. The molecule has 0 spiro atoms. The molecule has 2 fully saturated rings. The molecule has 0 bridgehead atoms. The highest BCUT2D eigenvalue weighted by Crippen LogP contribution is 2.22. The first-order valence-electron chi connectivity index (χ1n) is 8.35. The summed E-state index contributed by atoms with van der Waals surface area (Å²) < 4.78 is 5.84. The standard InChI is InChI=1S/C17H23N5O2/c1-21(16-5-4-13(7-18)8-19-16)11-17(23)20-9-15-10-22-6-2-3-14(22)12-24-15/h4-5,8,14-15H,2-3,6,9-12H2,1H3,(H,20,23). The zero-order valence-electron chi connectivity index (χ0n) is 13.9. The summed E-state index contributed by atoms with van der Waals surface area (Å²) in [6, 6.07) is 6.04. The van der Waals surface area contributed by atoms with E-state index in [1.807, 2.05) is 6.07 Å². The molecule has 2 unspecified atom stereocenters. The van der Waals surface area contributed by atoms with E-state index in [9.17, 15) is 4.79 Å². The molecule has 3 heterocycles. The summed E-state index contributed by atoms with van der Waals surface area (Å²) in [6.45, 7) is 3.58. The third kappa shape index (κ3) is 4.02. The van der Waals surface area contributed by atoms with Crippen LogP contribution < -0.4 is 10.2 Å². The smallest absolute Gasteiger partial charge is 0.239 e. The largest absolute Gasteiger partial charge is 0.373 e. The van der Waals surface area contributed by atoms with E-state index in [2.05, 4.69) is 15.2 Å². The maximum Gasteiger partial charge on any atom is 0.239 e. The number of rotatable bonds is 5. The quantitative estimate of drug-likeness (QED) is 0.840. The van der Waals surface area contributed by atoms with Crippen LogP contribution in [0.5, 0.6) is 0 Å². The van der Waals surface area contributed by atoms with Crippen LogP contribution in [-0.4, -0.2) is 67.8 Å². The van der Waals surface area contributed by atoms with Gasteiger partial charge in [0.2, 0.25) is 5.91 Å². The van der Waals surface area contributed by atoms with E-state index < -0.39 is 0 Å². The van der Waals surface area contributed by atoms with Crippen LogP contribution in [0.3, 0.4) is 0 Å². The number of nitriles is 1. The van der Waals surface area contributed by atoms with Gasteiger partial charge in [0.05, 0.1) is 24.8 Å². The lowest BCUT2D eigenvalue weighted by Crippen LogP contribution is -2.50. The van der Waals surface area contributed by atoms with Gasteiger partial charge in [-0.15, -0.1) is 0 Å². The van der Waals surface area contributed by atoms with Gasteiger partial charge in [0.25, 0.3) is 0 Å². The van der Waals surface area contributed by atoms with Gasteiger partial charge in [-0.3, -0.25) is 9.69 Å². The van der Waals surface area contributed by atoms with E-state index in [1.165, 1.54) is 19.0 Å². The predicted molar refractivity (Wildman–Crippen MR) is 89.6 cm³/mol. The van der Waals surface area contributed by atoms with Crippen molar-refractivity contribution in [2.45, 2.75) is 25.0 Å². The van der Waals surface area contributed by atoms with Crippen LogP contribution in [0.25, 0.3) is 0 Å². The highest BCUT2D eigenvalue weighted by atomic mass is 16.5. The SMILES string of the molecule is CN(CC(=O)NCC1CN2CCCC2CO1)c1ccc(C#N)cn1. The van der Waals surface area contributed by atoms with Crippen LogP contribution >= 0.6 is 0 Å². The van der Waals surface area contributed by atoms with Crippen molar-refractivity contribution >= 4 is 11.7 Å². The Morgan fingerprint density at radius 2 is 2.46 bits per heavy atom. The average Bonchev–Trinajstić information content (AvgIpc) is 3.07. The second-order valence-corrected chi connectivity index (χ2v) is 6.42. The molecule has 0 saturated carbocycles. The average molecular weight is 329 g/mol. The first-order valence-corrected chi connectivity index (χ1v) is 8.35. The molecule has 24 heavy (non-hydrogen) atoms. The van der Waals surface area contributed by atoms with Crippen molar-refractivity contribution in [3.63, 3.8) is 0 Å². The summed E-state index contributed by atoms with van der Waals surface area (Å²) in [6.07, 6.45) is 4.05. The number of nitrogens with one attached hydrogen (secondary N) is 1. The van der Waals surface area contributed by atoms with Gasteiger partial charge in [-0.1, -0.05) is 0 Å². The Balaban J connectivity index is 1.42. The number of carbonyl (C=O) groups excluding carboxylic acids is 1. The zero-order valence-corrected chi connectivity index (χ0v) is 13.9. The van der Waals surface area contributed by atoms with Crippen LogP contribution in [-0.2, 0) is 9.53 Å². The molecule has 1 amide bonds. The van der Waals surface area contributed by atoms with Crippen LogP contribution in [0.15, 0.2) is 18.3 Å². The monoisotopic (exact) mass is 329 g/mol. The Morgan fingerprint density at radius 3 is 3.21 bits per heavy atom. The molecule has 2 aliphatic heterocycles. The van der Waals surface area contributed by atoms with Crippen molar-refractivity contribution in [2.24, 2.45) is 0 Å². The lowest BCUT2D eigenvalue weighted by atomic mass is 10.2. The van der Waals surface area contributed by atoms with Crippen molar-refractivity contribution in [3.05, 3.63) is 23.9 Å². The molecule has 128 valence electrons. The van der Waals surface area contributed by atoms with Gasteiger partial charge >= 0.3 is 0 Å². The number of morpholine rings is 1. The number of hydrogen-bond donors (Lipinski definition) is 1. The summed E-state index contributed by atoms with van der Waals surface area (Å²) in [7, 11) is 1.81. The fraction of sp³-hybridized carbons (Fsp3) is 0.588. The topological polar surface area (TPSA) is 81.5 Å². The molecule has 3 rings (SSSR count). The molecule has 2 saturated heterocycles. The maximum atomic E-state index is 12.1. The number of likely N-dealkylation sites (N-methyl/N-ethyl adjacent to an activating group) is 1. The molecule has 1 N–H and O–H groups in total. The van der Waals surface area contributed by atoms with E-state index in [-0.39, 0.29) is 18.6 Å². The summed E-state index contributed by atoms with van der Waals surface area (Å²) >= 11 is 0. The molecule has 2 atom stereocenters. The van der Waals surface area contributed by atoms with E-state index in [4.69, 9.17) is 10.00 Å². The number of nitrogens with zero attached hydrogens (tertiary/aromatic N) is 4. The fourth-order valence-electron chi connectivity index (χ4n) is 3.27. The second kappa shape index (κ2) is 7.60. The molecular weight excluding hydrogens is 306 g/mol. The van der Waals surface area contributed by atoms with Crippen molar-refractivity contribution in [1.29, 1.82) is 5.26 Å². The summed E-state index contributed by atoms with van der Waals surface area (Å²) in [5, 5.41) is 11.7. The van der Waals surface area contributed by atoms with Crippen molar-refractivity contribution in [3.8, 4) is 6.07 Å². The summed E-state index contributed by atoms with van der Waals surface area (Å²) in [5.41, 5.74) is 0.506. The van der Waals surface area contributed by atoms with Crippen molar-refractivity contribution < 1.29 is 9.53 Å². The molecule has 0 aromatic carbocycles. The number of amides is 1. The van der Waals surface area contributed by atoms with Gasteiger partial charge in [0.15, 0.2) is 0 Å². The lowest BCUT2D eigenvalue weighted by Gasteiger charge is -2.35. The summed E-state index contributed by atoms with van der Waals surface area (Å²) in [4.78, 5) is 20.5. The fourth-order valence-corrected chi connectivity index (χ4v) is 3.27. The van der Waals surface area contributed by atoms with Gasteiger partial charge in [0, 0.05) is 32.4 Å². The Bertz CT molecular complexity index is 612. The number of hydrogen-bond acceptors (Lipinski definition) is 6. The molecule has 1 aromatic rings. The number of aromatic nitrogens is 1. The van der Waals surface area contributed by atoms with Gasteiger partial charge in [-0.05, 0) is 31.5 Å². The minimum atomic E-state index is -0.0594. The number of carbonyl (C=O) groups is 1. The van der Waals surface area contributed by atoms with E-state index in [0.29, 0.717) is 24.0 Å². The van der Waals surface area contributed by atoms with E-state index in [0.717, 1.165) is 19.7 Å². The first-order chi connectivity index (χ1) is 11.7. The molecule has 7 heteroatoms. The molecule has 1 aromatic heterocycles. The molecule has 0 radical (unpaired) electrons. The number of anilines is 1. The highest BCUT2D eigenvalue weighted by molar-refractivity contribution is 5.80. The second-order valence-electron chi connectivity index (χ2n) is 6.42. The zero-order chi connectivity index (χ0) is 16.9.